The summed E-state index contributed by atoms with van der Waals surface area (Å²) >= 11 is 0. The summed E-state index contributed by atoms with van der Waals surface area (Å²) in [7, 11) is 0. The van der Waals surface area contributed by atoms with Crippen LogP contribution in [0.3, 0.4) is 0 Å². The van der Waals surface area contributed by atoms with E-state index in [1.165, 1.54) is 94.7 Å². The Morgan fingerprint density at radius 2 is 1.30 bits per heavy atom. The number of quaternary nitrogens is 1. The van der Waals surface area contributed by atoms with Crippen molar-refractivity contribution in [1.29, 1.82) is 0 Å². The van der Waals surface area contributed by atoms with Gasteiger partial charge in [-0.1, -0.05) is 39.0 Å². The molecule has 0 aromatic carbocycles. The zero-order valence-corrected chi connectivity index (χ0v) is 14.4. The van der Waals surface area contributed by atoms with Crippen LogP contribution in [0, 0.1) is 0 Å². The van der Waals surface area contributed by atoms with Gasteiger partial charge in [0.1, 0.15) is 0 Å². The van der Waals surface area contributed by atoms with Gasteiger partial charge in [0.25, 0.3) is 0 Å². The molecule has 0 aromatic heterocycles. The molecule has 1 aliphatic carbocycles. The highest BCUT2D eigenvalue weighted by Crippen LogP contribution is 2.29. The van der Waals surface area contributed by atoms with E-state index in [9.17, 15) is 0 Å². The maximum absolute atomic E-state index is 2.43. The molecule has 0 aromatic rings. The zero-order valence-electron chi connectivity index (χ0n) is 14.4. The van der Waals surface area contributed by atoms with Gasteiger partial charge in [0.15, 0.2) is 0 Å². The van der Waals surface area contributed by atoms with Crippen LogP contribution in [-0.4, -0.2) is 35.6 Å². The van der Waals surface area contributed by atoms with Crippen molar-refractivity contribution in [3.63, 3.8) is 0 Å². The SMILES string of the molecule is CCCCCCCC[N+](CC)(CC)C1CCCCC1.[OH-]. The lowest BCUT2D eigenvalue weighted by Gasteiger charge is -2.45. The minimum atomic E-state index is 0. The van der Waals surface area contributed by atoms with Crippen LogP contribution in [0.15, 0.2) is 0 Å². The van der Waals surface area contributed by atoms with Gasteiger partial charge in [-0.05, 0) is 52.4 Å². The van der Waals surface area contributed by atoms with Gasteiger partial charge in [0, 0.05) is 0 Å². The van der Waals surface area contributed by atoms with E-state index in [1.807, 2.05) is 0 Å². The van der Waals surface area contributed by atoms with Gasteiger partial charge in [-0.25, -0.2) is 0 Å². The molecule has 0 heterocycles. The third-order valence-electron chi connectivity index (χ3n) is 5.57. The Morgan fingerprint density at radius 3 is 1.85 bits per heavy atom. The molecule has 0 aliphatic heterocycles. The smallest absolute Gasteiger partial charge is 0.0890 e. The standard InChI is InChI=1S/C18H38N.H2O/c1-4-7-8-9-10-14-17-19(5-2,6-3)18-15-12-11-13-16-18;/h18H,4-17H2,1-3H3;1H2/q+1;/p-1. The lowest BCUT2D eigenvalue weighted by molar-refractivity contribution is -0.949. The first-order chi connectivity index (χ1) is 9.29. The van der Waals surface area contributed by atoms with Gasteiger partial charge < -0.3 is 9.96 Å². The summed E-state index contributed by atoms with van der Waals surface area (Å²) in [5.74, 6) is 0. The predicted octanol–water partition coefficient (Wildman–Crippen LogP) is 5.36. The first-order valence-electron chi connectivity index (χ1n) is 9.14. The molecule has 2 nitrogen and oxygen atoms in total. The first kappa shape index (κ1) is 19.9. The van der Waals surface area contributed by atoms with E-state index in [0.717, 1.165) is 6.04 Å². The third-order valence-corrected chi connectivity index (χ3v) is 5.57. The van der Waals surface area contributed by atoms with Crippen LogP contribution >= 0.6 is 0 Å². The Labute approximate surface area is 127 Å². The Morgan fingerprint density at radius 1 is 0.750 bits per heavy atom. The second kappa shape index (κ2) is 11.6. The van der Waals surface area contributed by atoms with E-state index in [4.69, 9.17) is 0 Å². The molecular formula is C18H39NO. The van der Waals surface area contributed by atoms with Gasteiger partial charge in [-0.15, -0.1) is 0 Å². The Balaban J connectivity index is 0.00000361. The highest BCUT2D eigenvalue weighted by Gasteiger charge is 2.34. The minimum absolute atomic E-state index is 0. The molecule has 0 bridgehead atoms. The predicted molar refractivity (Wildman–Crippen MR) is 88.4 cm³/mol. The molecule has 1 saturated carbocycles. The second-order valence-electron chi connectivity index (χ2n) is 6.63. The second-order valence-corrected chi connectivity index (χ2v) is 6.63. The number of nitrogens with zero attached hydrogens (tertiary/aromatic N) is 1. The van der Waals surface area contributed by atoms with Crippen molar-refractivity contribution in [2.24, 2.45) is 0 Å². The maximum atomic E-state index is 2.43. The summed E-state index contributed by atoms with van der Waals surface area (Å²) in [6.45, 7) is 11.3. The maximum Gasteiger partial charge on any atom is 0.0890 e. The lowest BCUT2D eigenvalue weighted by atomic mass is 9.91. The van der Waals surface area contributed by atoms with Crippen LogP contribution in [0.2, 0.25) is 0 Å². The molecule has 0 atom stereocenters. The van der Waals surface area contributed by atoms with E-state index in [-0.39, 0.29) is 5.48 Å². The van der Waals surface area contributed by atoms with Crippen molar-refractivity contribution in [1.82, 2.24) is 0 Å². The summed E-state index contributed by atoms with van der Waals surface area (Å²) in [5, 5.41) is 0. The Bertz CT molecular complexity index is 207. The molecule has 1 fully saturated rings. The van der Waals surface area contributed by atoms with Crippen molar-refractivity contribution in [2.75, 3.05) is 19.6 Å². The highest BCUT2D eigenvalue weighted by atomic mass is 16.0. The fraction of sp³-hybridized carbons (Fsp3) is 1.00. The molecule has 20 heavy (non-hydrogen) atoms. The summed E-state index contributed by atoms with van der Waals surface area (Å²) in [5.41, 5.74) is 0. The van der Waals surface area contributed by atoms with Crippen LogP contribution < -0.4 is 0 Å². The van der Waals surface area contributed by atoms with Gasteiger partial charge in [0.05, 0.1) is 25.7 Å². The van der Waals surface area contributed by atoms with Gasteiger partial charge >= 0.3 is 0 Å². The summed E-state index contributed by atoms with van der Waals surface area (Å²) in [6, 6.07) is 0.986. The van der Waals surface area contributed by atoms with Crippen LogP contribution in [-0.2, 0) is 0 Å². The van der Waals surface area contributed by atoms with E-state index < -0.39 is 0 Å². The molecule has 0 unspecified atom stereocenters. The zero-order chi connectivity index (χ0) is 14.0. The summed E-state index contributed by atoms with van der Waals surface area (Å²) in [4.78, 5) is 0. The monoisotopic (exact) mass is 285 g/mol. The average molecular weight is 286 g/mol. The van der Waals surface area contributed by atoms with Gasteiger partial charge in [-0.2, -0.15) is 0 Å². The summed E-state index contributed by atoms with van der Waals surface area (Å²) in [6.07, 6.45) is 16.1. The highest BCUT2D eigenvalue weighted by molar-refractivity contribution is 4.67. The molecule has 1 rings (SSSR count). The quantitative estimate of drug-likeness (QED) is 0.392. The molecule has 0 radical (unpaired) electrons. The fourth-order valence-corrected chi connectivity index (χ4v) is 4.07. The normalized spacial score (nSPS) is 16.9. The molecule has 0 saturated heterocycles. The number of hydrogen-bond acceptors (Lipinski definition) is 1. The van der Waals surface area contributed by atoms with E-state index in [0.29, 0.717) is 0 Å². The third kappa shape index (κ3) is 6.13. The molecule has 1 N–H and O–H groups in total. The van der Waals surface area contributed by atoms with Crippen molar-refractivity contribution in [3.8, 4) is 0 Å². The van der Waals surface area contributed by atoms with Crippen molar-refractivity contribution < 1.29 is 9.96 Å². The Kier molecular flexibility index (Phi) is 11.5. The lowest BCUT2D eigenvalue weighted by Crippen LogP contribution is -2.56. The molecule has 1 aliphatic rings. The molecule has 2 heteroatoms. The van der Waals surface area contributed by atoms with Crippen molar-refractivity contribution in [3.05, 3.63) is 0 Å². The molecular weight excluding hydrogens is 246 g/mol. The molecule has 0 amide bonds. The fourth-order valence-electron chi connectivity index (χ4n) is 4.07. The van der Waals surface area contributed by atoms with Gasteiger partial charge in [-0.3, -0.25) is 0 Å². The number of hydrogen-bond donors (Lipinski definition) is 0. The largest absolute Gasteiger partial charge is 0.870 e. The van der Waals surface area contributed by atoms with Crippen LogP contribution in [0.1, 0.15) is 91.4 Å². The Hall–Kier alpha value is -0.0800. The van der Waals surface area contributed by atoms with Crippen LogP contribution in [0.4, 0.5) is 0 Å². The topological polar surface area (TPSA) is 30.0 Å². The number of unbranched alkanes of at least 4 members (excludes halogenated alkanes) is 5. The molecule has 122 valence electrons. The van der Waals surface area contributed by atoms with Crippen LogP contribution in [0.25, 0.3) is 0 Å². The minimum Gasteiger partial charge on any atom is -0.870 e. The van der Waals surface area contributed by atoms with Crippen molar-refractivity contribution in [2.45, 2.75) is 97.4 Å². The van der Waals surface area contributed by atoms with E-state index in [1.54, 1.807) is 0 Å². The first-order valence-corrected chi connectivity index (χ1v) is 9.14. The van der Waals surface area contributed by atoms with Gasteiger partial charge in [0.2, 0.25) is 0 Å². The average Bonchev–Trinajstić information content (AvgIpc) is 2.48. The van der Waals surface area contributed by atoms with Crippen molar-refractivity contribution >= 4 is 0 Å². The van der Waals surface area contributed by atoms with E-state index >= 15 is 0 Å². The van der Waals surface area contributed by atoms with Crippen LogP contribution in [0.5, 0.6) is 0 Å². The van der Waals surface area contributed by atoms with E-state index in [2.05, 4.69) is 20.8 Å². The number of rotatable bonds is 10. The summed E-state index contributed by atoms with van der Waals surface area (Å²) < 4.78 is 1.42. The molecule has 0 spiro atoms.